The summed E-state index contributed by atoms with van der Waals surface area (Å²) in [7, 11) is 1.86. The molecule has 0 spiro atoms. The van der Waals surface area contributed by atoms with Crippen molar-refractivity contribution >= 4 is 5.91 Å². The fourth-order valence-electron chi connectivity index (χ4n) is 3.20. The van der Waals surface area contributed by atoms with Crippen LogP contribution in [0, 0.1) is 19.8 Å². The molecule has 1 amide bonds. The summed E-state index contributed by atoms with van der Waals surface area (Å²) in [6.07, 6.45) is 5.18. The van der Waals surface area contributed by atoms with Crippen molar-refractivity contribution in [3.05, 3.63) is 34.9 Å². The molecule has 3 N–H and O–H groups in total. The lowest BCUT2D eigenvalue weighted by atomic mass is 9.75. The topological polar surface area (TPSA) is 95.8 Å². The number of carbonyl (C=O) groups is 1. The number of nitrogens with one attached hydrogen (secondary N) is 2. The Hall–Kier alpha value is -2.15. The SMILES string of the molecule is Cc1n[nH]c(C)c1CC(=O)NC(c1cnn(C)c1)C1CC(O)C1. The molecule has 0 bridgehead atoms. The summed E-state index contributed by atoms with van der Waals surface area (Å²) in [4.78, 5) is 12.5. The third kappa shape index (κ3) is 3.29. The maximum absolute atomic E-state index is 12.5. The average molecular weight is 317 g/mol. The monoisotopic (exact) mass is 317 g/mol. The van der Waals surface area contributed by atoms with Crippen LogP contribution < -0.4 is 5.32 Å². The van der Waals surface area contributed by atoms with Gasteiger partial charge in [0.05, 0.1) is 30.5 Å². The number of aliphatic hydroxyl groups excluding tert-OH is 1. The first kappa shape index (κ1) is 15.7. The summed E-state index contributed by atoms with van der Waals surface area (Å²) in [5.41, 5.74) is 3.71. The predicted molar refractivity (Wildman–Crippen MR) is 84.6 cm³/mol. The van der Waals surface area contributed by atoms with Crippen LogP contribution in [0.3, 0.4) is 0 Å². The number of rotatable bonds is 5. The number of H-pyrrole nitrogens is 1. The van der Waals surface area contributed by atoms with Gasteiger partial charge in [-0.3, -0.25) is 14.6 Å². The van der Waals surface area contributed by atoms with Gasteiger partial charge in [0, 0.05) is 30.1 Å². The fourth-order valence-corrected chi connectivity index (χ4v) is 3.20. The van der Waals surface area contributed by atoms with Gasteiger partial charge in [0.1, 0.15) is 0 Å². The molecule has 0 aromatic carbocycles. The number of aliphatic hydroxyl groups is 1. The Labute approximate surface area is 135 Å². The molecule has 124 valence electrons. The summed E-state index contributed by atoms with van der Waals surface area (Å²) >= 11 is 0. The van der Waals surface area contributed by atoms with Crippen molar-refractivity contribution in [1.82, 2.24) is 25.3 Å². The first-order chi connectivity index (χ1) is 10.9. The summed E-state index contributed by atoms with van der Waals surface area (Å²) in [5, 5.41) is 23.9. The van der Waals surface area contributed by atoms with Crippen molar-refractivity contribution in [2.24, 2.45) is 13.0 Å². The van der Waals surface area contributed by atoms with Crippen LogP contribution >= 0.6 is 0 Å². The number of hydrogen-bond acceptors (Lipinski definition) is 4. The molecule has 3 rings (SSSR count). The van der Waals surface area contributed by atoms with E-state index in [0.29, 0.717) is 19.3 Å². The van der Waals surface area contributed by atoms with Crippen LogP contribution in [-0.2, 0) is 18.3 Å². The Kier molecular flexibility index (Phi) is 4.21. The Balaban J connectivity index is 1.72. The highest BCUT2D eigenvalue weighted by Crippen LogP contribution is 2.38. The fraction of sp³-hybridized carbons (Fsp3) is 0.562. The molecule has 7 nitrogen and oxygen atoms in total. The van der Waals surface area contributed by atoms with Gasteiger partial charge in [-0.05, 0) is 32.6 Å². The van der Waals surface area contributed by atoms with E-state index in [2.05, 4.69) is 20.6 Å². The minimum atomic E-state index is -0.255. The number of hydrogen-bond donors (Lipinski definition) is 3. The first-order valence-corrected chi connectivity index (χ1v) is 7.90. The smallest absolute Gasteiger partial charge is 0.225 e. The number of aryl methyl sites for hydroxylation is 3. The van der Waals surface area contributed by atoms with Crippen LogP contribution in [0.2, 0.25) is 0 Å². The van der Waals surface area contributed by atoms with Gasteiger partial charge in [0.2, 0.25) is 5.91 Å². The van der Waals surface area contributed by atoms with Gasteiger partial charge < -0.3 is 10.4 Å². The van der Waals surface area contributed by atoms with Crippen LogP contribution in [0.15, 0.2) is 12.4 Å². The van der Waals surface area contributed by atoms with E-state index in [1.165, 1.54) is 0 Å². The van der Waals surface area contributed by atoms with Gasteiger partial charge in [-0.15, -0.1) is 0 Å². The van der Waals surface area contributed by atoms with Gasteiger partial charge in [-0.25, -0.2) is 0 Å². The molecule has 1 saturated carbocycles. The Morgan fingerprint density at radius 3 is 2.78 bits per heavy atom. The van der Waals surface area contributed by atoms with E-state index in [4.69, 9.17) is 0 Å². The van der Waals surface area contributed by atoms with Crippen molar-refractivity contribution in [2.45, 2.75) is 45.3 Å². The normalized spacial score (nSPS) is 21.7. The lowest BCUT2D eigenvalue weighted by Crippen LogP contribution is -2.41. The van der Waals surface area contributed by atoms with E-state index >= 15 is 0 Å². The summed E-state index contributed by atoms with van der Waals surface area (Å²) < 4.78 is 1.73. The summed E-state index contributed by atoms with van der Waals surface area (Å²) in [6, 6.07) is -0.105. The maximum atomic E-state index is 12.5. The zero-order valence-electron chi connectivity index (χ0n) is 13.7. The molecular weight excluding hydrogens is 294 g/mol. The predicted octanol–water partition coefficient (Wildman–Crippen LogP) is 0.931. The molecule has 1 aliphatic rings. The Bertz CT molecular complexity index is 680. The second-order valence-corrected chi connectivity index (χ2v) is 6.47. The van der Waals surface area contributed by atoms with E-state index in [1.54, 1.807) is 10.9 Å². The van der Waals surface area contributed by atoms with Crippen LogP contribution in [-0.4, -0.2) is 37.1 Å². The highest BCUT2D eigenvalue weighted by molar-refractivity contribution is 5.79. The highest BCUT2D eigenvalue weighted by atomic mass is 16.3. The lowest BCUT2D eigenvalue weighted by Gasteiger charge is -2.37. The lowest BCUT2D eigenvalue weighted by molar-refractivity contribution is -0.122. The second kappa shape index (κ2) is 6.16. The quantitative estimate of drug-likeness (QED) is 0.764. The van der Waals surface area contributed by atoms with E-state index in [1.807, 2.05) is 27.1 Å². The van der Waals surface area contributed by atoms with Crippen LogP contribution in [0.25, 0.3) is 0 Å². The molecule has 0 radical (unpaired) electrons. The molecule has 0 saturated heterocycles. The molecule has 2 aromatic rings. The number of carbonyl (C=O) groups excluding carboxylic acids is 1. The molecule has 2 heterocycles. The van der Waals surface area contributed by atoms with Crippen LogP contribution in [0.1, 0.15) is 41.4 Å². The molecule has 1 aliphatic carbocycles. The summed E-state index contributed by atoms with van der Waals surface area (Å²) in [5.74, 6) is 0.220. The van der Waals surface area contributed by atoms with E-state index in [9.17, 15) is 9.90 Å². The summed E-state index contributed by atoms with van der Waals surface area (Å²) in [6.45, 7) is 3.82. The van der Waals surface area contributed by atoms with E-state index < -0.39 is 0 Å². The number of nitrogens with zero attached hydrogens (tertiary/aromatic N) is 3. The zero-order chi connectivity index (χ0) is 16.6. The molecule has 23 heavy (non-hydrogen) atoms. The third-order valence-electron chi connectivity index (χ3n) is 4.64. The van der Waals surface area contributed by atoms with Gasteiger partial charge in [0.25, 0.3) is 0 Å². The molecule has 2 aromatic heterocycles. The second-order valence-electron chi connectivity index (χ2n) is 6.47. The van der Waals surface area contributed by atoms with Crippen molar-refractivity contribution in [2.75, 3.05) is 0 Å². The molecule has 1 unspecified atom stereocenters. The minimum Gasteiger partial charge on any atom is -0.393 e. The third-order valence-corrected chi connectivity index (χ3v) is 4.64. The maximum Gasteiger partial charge on any atom is 0.225 e. The van der Waals surface area contributed by atoms with Crippen LogP contribution in [0.4, 0.5) is 0 Å². The first-order valence-electron chi connectivity index (χ1n) is 7.90. The number of amides is 1. The van der Waals surface area contributed by atoms with Gasteiger partial charge in [0.15, 0.2) is 0 Å². The molecule has 1 fully saturated rings. The molecular formula is C16H23N5O2. The van der Waals surface area contributed by atoms with E-state index in [-0.39, 0.29) is 24.0 Å². The number of aromatic nitrogens is 4. The largest absolute Gasteiger partial charge is 0.393 e. The van der Waals surface area contributed by atoms with E-state index in [0.717, 1.165) is 22.5 Å². The minimum absolute atomic E-state index is 0.0344. The van der Waals surface area contributed by atoms with Crippen molar-refractivity contribution in [3.63, 3.8) is 0 Å². The van der Waals surface area contributed by atoms with Gasteiger partial charge >= 0.3 is 0 Å². The highest BCUT2D eigenvalue weighted by Gasteiger charge is 2.36. The average Bonchev–Trinajstić information content (AvgIpc) is 3.02. The Morgan fingerprint density at radius 1 is 1.52 bits per heavy atom. The standard InChI is InChI=1S/C16H23N5O2/c1-9-14(10(2)20-19-9)6-15(23)18-16(11-4-13(22)5-11)12-7-17-21(3)8-12/h7-8,11,13,16,22H,4-6H2,1-3H3,(H,18,23)(H,19,20). The zero-order valence-corrected chi connectivity index (χ0v) is 13.7. The van der Waals surface area contributed by atoms with Crippen LogP contribution in [0.5, 0.6) is 0 Å². The van der Waals surface area contributed by atoms with Crippen molar-refractivity contribution in [3.8, 4) is 0 Å². The molecule has 7 heteroatoms. The van der Waals surface area contributed by atoms with Gasteiger partial charge in [-0.2, -0.15) is 10.2 Å². The van der Waals surface area contributed by atoms with Crippen molar-refractivity contribution in [1.29, 1.82) is 0 Å². The molecule has 0 aliphatic heterocycles. The Morgan fingerprint density at radius 2 is 2.26 bits per heavy atom. The molecule has 1 atom stereocenters. The number of aromatic amines is 1. The van der Waals surface area contributed by atoms with Crippen molar-refractivity contribution < 1.29 is 9.90 Å². The van der Waals surface area contributed by atoms with Gasteiger partial charge in [-0.1, -0.05) is 0 Å².